The molecule has 20 heavy (non-hydrogen) atoms. The SMILES string of the molecule is COCCNC(C)c1nnnn1-c1ccc(F)c(C)c1. The topological polar surface area (TPSA) is 64.9 Å². The minimum absolute atomic E-state index is 0.0366. The van der Waals surface area contributed by atoms with Crippen LogP contribution in [-0.4, -0.2) is 40.5 Å². The molecule has 0 spiro atoms. The Morgan fingerprint density at radius 2 is 2.25 bits per heavy atom. The summed E-state index contributed by atoms with van der Waals surface area (Å²) in [6, 6.07) is 4.76. The van der Waals surface area contributed by atoms with Crippen LogP contribution in [0.25, 0.3) is 5.69 Å². The van der Waals surface area contributed by atoms with E-state index in [9.17, 15) is 4.39 Å². The average molecular weight is 279 g/mol. The number of hydrogen-bond donors (Lipinski definition) is 1. The van der Waals surface area contributed by atoms with Gasteiger partial charge in [-0.05, 0) is 48.0 Å². The number of halogens is 1. The molecule has 0 fully saturated rings. The van der Waals surface area contributed by atoms with E-state index < -0.39 is 0 Å². The van der Waals surface area contributed by atoms with Crippen molar-refractivity contribution in [1.82, 2.24) is 25.5 Å². The molecular formula is C13H18FN5O. The van der Waals surface area contributed by atoms with Gasteiger partial charge in [0.2, 0.25) is 0 Å². The van der Waals surface area contributed by atoms with Crippen molar-refractivity contribution in [2.75, 3.05) is 20.3 Å². The number of tetrazole rings is 1. The van der Waals surface area contributed by atoms with Gasteiger partial charge >= 0.3 is 0 Å². The molecule has 0 aliphatic heterocycles. The fourth-order valence-electron chi connectivity index (χ4n) is 1.88. The second-order valence-electron chi connectivity index (χ2n) is 4.55. The number of hydrogen-bond acceptors (Lipinski definition) is 5. The maximum atomic E-state index is 13.3. The Morgan fingerprint density at radius 1 is 1.45 bits per heavy atom. The first-order valence-corrected chi connectivity index (χ1v) is 6.40. The number of rotatable bonds is 6. The summed E-state index contributed by atoms with van der Waals surface area (Å²) in [6.07, 6.45) is 0. The molecule has 2 rings (SSSR count). The van der Waals surface area contributed by atoms with Crippen molar-refractivity contribution < 1.29 is 9.13 Å². The minimum Gasteiger partial charge on any atom is -0.383 e. The molecule has 1 aromatic carbocycles. The van der Waals surface area contributed by atoms with Crippen molar-refractivity contribution >= 4 is 0 Å². The van der Waals surface area contributed by atoms with Crippen LogP contribution in [0, 0.1) is 12.7 Å². The lowest BCUT2D eigenvalue weighted by Gasteiger charge is -2.13. The fraction of sp³-hybridized carbons (Fsp3) is 0.462. The van der Waals surface area contributed by atoms with Crippen LogP contribution in [0.1, 0.15) is 24.4 Å². The molecule has 7 heteroatoms. The van der Waals surface area contributed by atoms with Gasteiger partial charge in [0, 0.05) is 13.7 Å². The van der Waals surface area contributed by atoms with E-state index in [1.165, 1.54) is 6.07 Å². The first-order valence-electron chi connectivity index (χ1n) is 6.40. The van der Waals surface area contributed by atoms with E-state index in [0.717, 1.165) is 5.69 Å². The van der Waals surface area contributed by atoms with Crippen molar-refractivity contribution in [2.45, 2.75) is 19.9 Å². The Balaban J connectivity index is 2.21. The molecule has 0 saturated heterocycles. The van der Waals surface area contributed by atoms with E-state index >= 15 is 0 Å². The third kappa shape index (κ3) is 3.17. The maximum absolute atomic E-state index is 13.3. The van der Waals surface area contributed by atoms with Gasteiger partial charge in [0.25, 0.3) is 0 Å². The number of nitrogens with zero attached hydrogens (tertiary/aromatic N) is 4. The molecule has 2 aromatic rings. The molecule has 1 heterocycles. The van der Waals surface area contributed by atoms with Crippen LogP contribution in [0.3, 0.4) is 0 Å². The van der Waals surface area contributed by atoms with E-state index in [4.69, 9.17) is 4.74 Å². The van der Waals surface area contributed by atoms with Gasteiger partial charge in [-0.2, -0.15) is 4.68 Å². The third-order valence-corrected chi connectivity index (χ3v) is 3.02. The Bertz CT molecular complexity index is 572. The van der Waals surface area contributed by atoms with E-state index in [0.29, 0.717) is 24.5 Å². The van der Waals surface area contributed by atoms with Crippen molar-refractivity contribution in [3.05, 3.63) is 35.4 Å². The van der Waals surface area contributed by atoms with Gasteiger partial charge in [-0.25, -0.2) is 4.39 Å². The number of benzene rings is 1. The summed E-state index contributed by atoms with van der Waals surface area (Å²) in [6.45, 7) is 4.99. The summed E-state index contributed by atoms with van der Waals surface area (Å²) in [4.78, 5) is 0. The molecular weight excluding hydrogens is 261 g/mol. The average Bonchev–Trinajstić information content (AvgIpc) is 2.91. The van der Waals surface area contributed by atoms with Gasteiger partial charge in [-0.1, -0.05) is 0 Å². The molecule has 1 aromatic heterocycles. The Kier molecular flexibility index (Phi) is 4.75. The monoisotopic (exact) mass is 279 g/mol. The second-order valence-corrected chi connectivity index (χ2v) is 4.55. The van der Waals surface area contributed by atoms with Crippen molar-refractivity contribution in [1.29, 1.82) is 0 Å². The van der Waals surface area contributed by atoms with E-state index in [1.807, 2.05) is 6.92 Å². The molecule has 0 radical (unpaired) electrons. The van der Waals surface area contributed by atoms with Crippen LogP contribution >= 0.6 is 0 Å². The number of aryl methyl sites for hydroxylation is 1. The van der Waals surface area contributed by atoms with Gasteiger partial charge in [0.1, 0.15) is 5.82 Å². The van der Waals surface area contributed by atoms with E-state index in [-0.39, 0.29) is 11.9 Å². The second kappa shape index (κ2) is 6.53. The standard InChI is InChI=1S/C13H18FN5O/c1-9-8-11(4-5-12(9)14)19-13(16-17-18-19)10(2)15-6-7-20-3/h4-5,8,10,15H,6-7H2,1-3H3. The highest BCUT2D eigenvalue weighted by Gasteiger charge is 2.15. The number of aromatic nitrogens is 4. The molecule has 0 saturated carbocycles. The third-order valence-electron chi connectivity index (χ3n) is 3.02. The van der Waals surface area contributed by atoms with E-state index in [1.54, 1.807) is 30.8 Å². The van der Waals surface area contributed by atoms with Crippen molar-refractivity contribution in [3.63, 3.8) is 0 Å². The van der Waals surface area contributed by atoms with Gasteiger partial charge < -0.3 is 10.1 Å². The zero-order chi connectivity index (χ0) is 14.5. The summed E-state index contributed by atoms with van der Waals surface area (Å²) in [7, 11) is 1.65. The van der Waals surface area contributed by atoms with Crippen LogP contribution < -0.4 is 5.32 Å². The first kappa shape index (κ1) is 14.5. The summed E-state index contributed by atoms with van der Waals surface area (Å²) in [5.41, 5.74) is 1.30. The highest BCUT2D eigenvalue weighted by molar-refractivity contribution is 5.36. The lowest BCUT2D eigenvalue weighted by atomic mass is 10.2. The van der Waals surface area contributed by atoms with Gasteiger partial charge in [-0.3, -0.25) is 0 Å². The summed E-state index contributed by atoms with van der Waals surface area (Å²) in [5.74, 6) is 0.432. The highest BCUT2D eigenvalue weighted by atomic mass is 19.1. The van der Waals surface area contributed by atoms with Gasteiger partial charge in [0.15, 0.2) is 5.82 Å². The maximum Gasteiger partial charge on any atom is 0.173 e. The molecule has 1 atom stereocenters. The lowest BCUT2D eigenvalue weighted by molar-refractivity contribution is 0.196. The number of nitrogens with one attached hydrogen (secondary N) is 1. The molecule has 0 bridgehead atoms. The van der Waals surface area contributed by atoms with E-state index in [2.05, 4.69) is 20.8 Å². The highest BCUT2D eigenvalue weighted by Crippen LogP contribution is 2.16. The van der Waals surface area contributed by atoms with Crippen LogP contribution in [0.2, 0.25) is 0 Å². The van der Waals surface area contributed by atoms with Crippen LogP contribution in [0.15, 0.2) is 18.2 Å². The van der Waals surface area contributed by atoms with Crippen molar-refractivity contribution in [3.8, 4) is 5.69 Å². The predicted octanol–water partition coefficient (Wildman–Crippen LogP) is 1.41. The summed E-state index contributed by atoms with van der Waals surface area (Å²) in [5, 5.41) is 15.0. The van der Waals surface area contributed by atoms with Gasteiger partial charge in [0.05, 0.1) is 18.3 Å². The Morgan fingerprint density at radius 3 is 2.95 bits per heavy atom. The molecule has 6 nitrogen and oxygen atoms in total. The molecule has 1 N–H and O–H groups in total. The normalized spacial score (nSPS) is 12.6. The Hall–Kier alpha value is -1.86. The quantitative estimate of drug-likeness (QED) is 0.810. The summed E-state index contributed by atoms with van der Waals surface area (Å²) < 4.78 is 19.9. The van der Waals surface area contributed by atoms with Crippen LogP contribution in [-0.2, 0) is 4.74 Å². The largest absolute Gasteiger partial charge is 0.383 e. The molecule has 0 amide bonds. The lowest BCUT2D eigenvalue weighted by Crippen LogP contribution is -2.25. The molecule has 0 aliphatic carbocycles. The van der Waals surface area contributed by atoms with Crippen molar-refractivity contribution in [2.24, 2.45) is 0 Å². The molecule has 108 valence electrons. The zero-order valence-corrected chi connectivity index (χ0v) is 11.8. The molecule has 1 unspecified atom stereocenters. The first-order chi connectivity index (χ1) is 9.63. The predicted molar refractivity (Wildman–Crippen MR) is 72.1 cm³/mol. The molecule has 0 aliphatic rings. The number of ether oxygens (including phenoxy) is 1. The fourth-order valence-corrected chi connectivity index (χ4v) is 1.88. The Labute approximate surface area is 116 Å². The number of methoxy groups -OCH3 is 1. The summed E-state index contributed by atoms with van der Waals surface area (Å²) >= 11 is 0. The zero-order valence-electron chi connectivity index (χ0n) is 11.8. The smallest absolute Gasteiger partial charge is 0.173 e. The minimum atomic E-state index is -0.241. The van der Waals surface area contributed by atoms with Crippen LogP contribution in [0.5, 0.6) is 0 Å². The van der Waals surface area contributed by atoms with Gasteiger partial charge in [-0.15, -0.1) is 5.10 Å². The van der Waals surface area contributed by atoms with Crippen LogP contribution in [0.4, 0.5) is 4.39 Å².